The van der Waals surface area contributed by atoms with E-state index in [0.717, 1.165) is 31.0 Å². The van der Waals surface area contributed by atoms with Crippen LogP contribution in [0.3, 0.4) is 0 Å². The first-order valence-electron chi connectivity index (χ1n) is 10.0. The second-order valence-electron chi connectivity index (χ2n) is 8.29. The van der Waals surface area contributed by atoms with E-state index >= 15 is 0 Å². The van der Waals surface area contributed by atoms with Gasteiger partial charge in [0.05, 0.1) is 11.5 Å². The van der Waals surface area contributed by atoms with Gasteiger partial charge in [0, 0.05) is 50.9 Å². The third kappa shape index (κ3) is 5.30. The molecule has 2 aliphatic heterocycles. The molecule has 6 nitrogen and oxygen atoms in total. The maximum Gasteiger partial charge on any atom is 0.251 e. The summed E-state index contributed by atoms with van der Waals surface area (Å²) in [6.07, 6.45) is 3.76. The van der Waals surface area contributed by atoms with Crippen molar-refractivity contribution in [3.63, 3.8) is 0 Å². The Morgan fingerprint density at radius 1 is 1.07 bits per heavy atom. The average molecular weight is 392 g/mol. The van der Waals surface area contributed by atoms with Crippen LogP contribution in [0.4, 0.5) is 0 Å². The number of hydrogen-bond donors (Lipinski definition) is 1. The molecule has 148 valence electrons. The third-order valence-electron chi connectivity index (χ3n) is 5.85. The van der Waals surface area contributed by atoms with E-state index in [1.807, 2.05) is 24.3 Å². The smallest absolute Gasteiger partial charge is 0.251 e. The SMILES string of the molecule is O=C(NC1CCN(CC2CC2)C1)c1cccc(CN2CCS(=O)(=O)CC2)c1. The second kappa shape index (κ2) is 7.89. The van der Waals surface area contributed by atoms with Gasteiger partial charge < -0.3 is 10.2 Å². The van der Waals surface area contributed by atoms with E-state index in [2.05, 4.69) is 15.1 Å². The Kier molecular flexibility index (Phi) is 5.53. The molecule has 1 atom stereocenters. The fraction of sp³-hybridized carbons (Fsp3) is 0.650. The van der Waals surface area contributed by atoms with Crippen LogP contribution >= 0.6 is 0 Å². The summed E-state index contributed by atoms with van der Waals surface area (Å²) in [5.74, 6) is 1.34. The number of amides is 1. The highest BCUT2D eigenvalue weighted by molar-refractivity contribution is 7.91. The van der Waals surface area contributed by atoms with Gasteiger partial charge in [0.1, 0.15) is 0 Å². The fourth-order valence-electron chi connectivity index (χ4n) is 4.03. The quantitative estimate of drug-likeness (QED) is 0.787. The molecule has 4 rings (SSSR count). The van der Waals surface area contributed by atoms with E-state index in [1.54, 1.807) is 0 Å². The Morgan fingerprint density at radius 3 is 2.59 bits per heavy atom. The largest absolute Gasteiger partial charge is 0.348 e. The minimum absolute atomic E-state index is 0.00339. The molecule has 1 aromatic rings. The molecule has 1 unspecified atom stereocenters. The van der Waals surface area contributed by atoms with Gasteiger partial charge in [-0.05, 0) is 42.9 Å². The lowest BCUT2D eigenvalue weighted by molar-refractivity contribution is 0.0937. The minimum Gasteiger partial charge on any atom is -0.348 e. The highest BCUT2D eigenvalue weighted by atomic mass is 32.2. The van der Waals surface area contributed by atoms with Crippen molar-refractivity contribution in [1.29, 1.82) is 0 Å². The van der Waals surface area contributed by atoms with Gasteiger partial charge in [-0.3, -0.25) is 9.69 Å². The summed E-state index contributed by atoms with van der Waals surface area (Å²) in [7, 11) is -2.86. The van der Waals surface area contributed by atoms with Gasteiger partial charge in [-0.15, -0.1) is 0 Å². The molecule has 7 heteroatoms. The van der Waals surface area contributed by atoms with Crippen molar-refractivity contribution in [3.05, 3.63) is 35.4 Å². The first-order valence-corrected chi connectivity index (χ1v) is 11.8. The van der Waals surface area contributed by atoms with E-state index in [9.17, 15) is 13.2 Å². The van der Waals surface area contributed by atoms with Gasteiger partial charge in [-0.1, -0.05) is 12.1 Å². The Bertz CT molecular complexity index is 777. The van der Waals surface area contributed by atoms with E-state index in [4.69, 9.17) is 0 Å². The van der Waals surface area contributed by atoms with Crippen molar-refractivity contribution in [1.82, 2.24) is 15.1 Å². The molecular formula is C20H29N3O3S. The van der Waals surface area contributed by atoms with Crippen molar-refractivity contribution >= 4 is 15.7 Å². The number of carbonyl (C=O) groups excluding carboxylic acids is 1. The molecular weight excluding hydrogens is 362 g/mol. The molecule has 0 radical (unpaired) electrons. The predicted molar refractivity (Wildman–Crippen MR) is 105 cm³/mol. The van der Waals surface area contributed by atoms with Crippen LogP contribution in [0.1, 0.15) is 35.2 Å². The molecule has 2 heterocycles. The zero-order chi connectivity index (χ0) is 18.9. The molecule has 1 aromatic carbocycles. The number of benzene rings is 1. The van der Waals surface area contributed by atoms with Gasteiger partial charge in [-0.25, -0.2) is 8.42 Å². The van der Waals surface area contributed by atoms with Crippen LogP contribution in [0.2, 0.25) is 0 Å². The standard InChI is InChI=1S/C20H29N3O3S/c24-20(21-19-6-7-23(15-19)13-16-4-5-16)18-3-1-2-17(12-18)14-22-8-10-27(25,26)11-9-22/h1-3,12,16,19H,4-11,13-15H2,(H,21,24). The molecule has 0 spiro atoms. The van der Waals surface area contributed by atoms with Crippen LogP contribution < -0.4 is 5.32 Å². The molecule has 2 saturated heterocycles. The molecule has 1 aliphatic carbocycles. The Morgan fingerprint density at radius 2 is 1.85 bits per heavy atom. The highest BCUT2D eigenvalue weighted by Crippen LogP contribution is 2.30. The molecule has 1 saturated carbocycles. The molecule has 1 N–H and O–H groups in total. The molecule has 3 aliphatic rings. The number of likely N-dealkylation sites (tertiary alicyclic amines) is 1. The van der Waals surface area contributed by atoms with Crippen LogP contribution in [0, 0.1) is 5.92 Å². The van der Waals surface area contributed by atoms with Crippen molar-refractivity contribution in [2.75, 3.05) is 44.2 Å². The maximum absolute atomic E-state index is 12.6. The first kappa shape index (κ1) is 18.9. The van der Waals surface area contributed by atoms with Crippen LogP contribution in [0.5, 0.6) is 0 Å². The Labute approximate surface area is 161 Å². The fourth-order valence-corrected chi connectivity index (χ4v) is 5.30. The summed E-state index contributed by atoms with van der Waals surface area (Å²) in [6.45, 7) is 5.06. The normalized spacial score (nSPS) is 26.1. The number of rotatable bonds is 6. The molecule has 3 fully saturated rings. The second-order valence-corrected chi connectivity index (χ2v) is 10.6. The zero-order valence-electron chi connectivity index (χ0n) is 15.8. The Hall–Kier alpha value is -1.44. The average Bonchev–Trinajstić information content (AvgIpc) is 3.35. The van der Waals surface area contributed by atoms with E-state index in [1.165, 1.54) is 19.4 Å². The molecule has 1 amide bonds. The van der Waals surface area contributed by atoms with Gasteiger partial charge >= 0.3 is 0 Å². The zero-order valence-corrected chi connectivity index (χ0v) is 16.6. The van der Waals surface area contributed by atoms with Gasteiger partial charge in [0.2, 0.25) is 0 Å². The van der Waals surface area contributed by atoms with E-state index < -0.39 is 9.84 Å². The van der Waals surface area contributed by atoms with Crippen LogP contribution in [0.25, 0.3) is 0 Å². The van der Waals surface area contributed by atoms with Crippen LogP contribution in [0.15, 0.2) is 24.3 Å². The molecule has 27 heavy (non-hydrogen) atoms. The lowest BCUT2D eigenvalue weighted by Gasteiger charge is -2.26. The first-order chi connectivity index (χ1) is 13.0. The maximum atomic E-state index is 12.6. The van der Waals surface area contributed by atoms with E-state index in [-0.39, 0.29) is 23.5 Å². The van der Waals surface area contributed by atoms with Crippen molar-refractivity contribution in [2.24, 2.45) is 5.92 Å². The molecule has 0 bridgehead atoms. The van der Waals surface area contributed by atoms with Crippen molar-refractivity contribution in [3.8, 4) is 0 Å². The number of nitrogens with zero attached hydrogens (tertiary/aromatic N) is 2. The lowest BCUT2D eigenvalue weighted by atomic mass is 10.1. The summed E-state index contributed by atoms with van der Waals surface area (Å²) in [5, 5.41) is 3.19. The van der Waals surface area contributed by atoms with Crippen molar-refractivity contribution in [2.45, 2.75) is 31.8 Å². The van der Waals surface area contributed by atoms with Gasteiger partial charge in [0.25, 0.3) is 5.91 Å². The Balaban J connectivity index is 1.30. The lowest BCUT2D eigenvalue weighted by Crippen LogP contribution is -2.39. The summed E-state index contributed by atoms with van der Waals surface area (Å²) in [4.78, 5) is 17.3. The van der Waals surface area contributed by atoms with Gasteiger partial charge in [0.15, 0.2) is 9.84 Å². The van der Waals surface area contributed by atoms with Gasteiger partial charge in [-0.2, -0.15) is 0 Å². The topological polar surface area (TPSA) is 69.7 Å². The van der Waals surface area contributed by atoms with Crippen molar-refractivity contribution < 1.29 is 13.2 Å². The summed E-state index contributed by atoms with van der Waals surface area (Å²) < 4.78 is 23.1. The number of hydrogen-bond acceptors (Lipinski definition) is 5. The number of nitrogens with one attached hydrogen (secondary N) is 1. The molecule has 0 aromatic heterocycles. The number of carbonyl (C=O) groups is 1. The third-order valence-corrected chi connectivity index (χ3v) is 7.46. The number of sulfone groups is 1. The summed E-state index contributed by atoms with van der Waals surface area (Å²) >= 11 is 0. The highest BCUT2D eigenvalue weighted by Gasteiger charge is 2.30. The van der Waals surface area contributed by atoms with Crippen LogP contribution in [-0.2, 0) is 16.4 Å². The summed E-state index contributed by atoms with van der Waals surface area (Å²) in [5.41, 5.74) is 1.75. The summed E-state index contributed by atoms with van der Waals surface area (Å²) in [6, 6.07) is 7.96. The minimum atomic E-state index is -2.86. The predicted octanol–water partition coefficient (Wildman–Crippen LogP) is 1.13. The van der Waals surface area contributed by atoms with E-state index in [0.29, 0.717) is 25.2 Å². The van der Waals surface area contributed by atoms with Crippen LogP contribution in [-0.4, -0.2) is 74.4 Å². The monoisotopic (exact) mass is 391 g/mol.